The fourth-order valence-corrected chi connectivity index (χ4v) is 3.64. The molecular weight excluding hydrogens is 373 g/mol. The Labute approximate surface area is 154 Å². The summed E-state index contributed by atoms with van der Waals surface area (Å²) in [6.07, 6.45) is 2.32. The third-order valence-electron chi connectivity index (χ3n) is 3.84. The average molecular weight is 389 g/mol. The van der Waals surface area contributed by atoms with Crippen molar-refractivity contribution in [1.29, 1.82) is 0 Å². The van der Waals surface area contributed by atoms with Gasteiger partial charge in [0.2, 0.25) is 5.91 Å². The summed E-state index contributed by atoms with van der Waals surface area (Å²) in [7, 11) is -4.06. The van der Waals surface area contributed by atoms with E-state index < -0.39 is 27.4 Å². The first-order valence-corrected chi connectivity index (χ1v) is 9.37. The van der Waals surface area contributed by atoms with Crippen LogP contribution >= 0.6 is 0 Å². The van der Waals surface area contributed by atoms with Gasteiger partial charge in [0, 0.05) is 18.1 Å². The molecule has 0 aliphatic rings. The zero-order valence-corrected chi connectivity index (χ0v) is 15.1. The first kappa shape index (κ1) is 18.6. The molecule has 27 heavy (non-hydrogen) atoms. The minimum Gasteiger partial charge on any atom is -0.325 e. The van der Waals surface area contributed by atoms with Gasteiger partial charge < -0.3 is 5.32 Å². The van der Waals surface area contributed by atoms with Crippen LogP contribution in [0.25, 0.3) is 0 Å². The van der Waals surface area contributed by atoms with Crippen molar-refractivity contribution in [3.63, 3.8) is 0 Å². The van der Waals surface area contributed by atoms with Gasteiger partial charge in [0.05, 0.1) is 4.90 Å². The monoisotopic (exact) mass is 389 g/mol. The van der Waals surface area contributed by atoms with Crippen LogP contribution < -0.4 is 11.0 Å². The van der Waals surface area contributed by atoms with Gasteiger partial charge in [0.1, 0.15) is 12.4 Å². The van der Waals surface area contributed by atoms with Gasteiger partial charge in [0.25, 0.3) is 10.0 Å². The second kappa shape index (κ2) is 7.20. The van der Waals surface area contributed by atoms with Crippen LogP contribution in [0.15, 0.2) is 70.6 Å². The van der Waals surface area contributed by atoms with Crippen LogP contribution in [-0.4, -0.2) is 22.9 Å². The molecule has 0 atom stereocenters. The molecule has 1 N–H and O–H groups in total. The number of carbonyl (C=O) groups excluding carboxylic acids is 1. The van der Waals surface area contributed by atoms with Crippen LogP contribution in [-0.2, 0) is 21.4 Å². The summed E-state index contributed by atoms with van der Waals surface area (Å²) < 4.78 is 39.6. The fraction of sp³-hybridized carbons (Fsp3) is 0.111. The molecule has 7 nitrogen and oxygen atoms in total. The number of anilines is 1. The minimum absolute atomic E-state index is 0.0243. The Morgan fingerprint density at radius 2 is 1.67 bits per heavy atom. The van der Waals surface area contributed by atoms with Crippen LogP contribution in [0, 0.1) is 12.7 Å². The van der Waals surface area contributed by atoms with Crippen molar-refractivity contribution in [2.24, 2.45) is 0 Å². The molecule has 1 aromatic heterocycles. The third kappa shape index (κ3) is 3.98. The molecule has 3 aromatic rings. The van der Waals surface area contributed by atoms with E-state index in [2.05, 4.69) is 5.32 Å². The number of aryl methyl sites for hydroxylation is 1. The molecule has 2 aromatic carbocycles. The summed E-state index contributed by atoms with van der Waals surface area (Å²) in [5.74, 6) is -0.989. The zero-order valence-electron chi connectivity index (χ0n) is 14.3. The van der Waals surface area contributed by atoms with E-state index in [1.807, 2.05) is 6.92 Å². The summed E-state index contributed by atoms with van der Waals surface area (Å²) in [5.41, 5.74) is 0.391. The summed E-state index contributed by atoms with van der Waals surface area (Å²) in [5, 5.41) is 2.51. The van der Waals surface area contributed by atoms with Gasteiger partial charge in [-0.15, -0.1) is 0 Å². The van der Waals surface area contributed by atoms with Gasteiger partial charge in [-0.25, -0.2) is 17.6 Å². The van der Waals surface area contributed by atoms with Crippen molar-refractivity contribution in [1.82, 2.24) is 8.54 Å². The maximum absolute atomic E-state index is 12.9. The van der Waals surface area contributed by atoms with Crippen molar-refractivity contribution >= 4 is 21.6 Å². The van der Waals surface area contributed by atoms with E-state index in [9.17, 15) is 22.4 Å². The molecule has 1 heterocycles. The number of nitrogens with zero attached hydrogens (tertiary/aromatic N) is 2. The molecule has 0 unspecified atom stereocenters. The second-order valence-corrected chi connectivity index (χ2v) is 7.69. The number of hydrogen-bond donors (Lipinski definition) is 1. The van der Waals surface area contributed by atoms with E-state index in [4.69, 9.17) is 0 Å². The molecule has 0 aliphatic heterocycles. The molecule has 0 spiro atoms. The maximum Gasteiger partial charge on any atom is 0.342 e. The first-order chi connectivity index (χ1) is 12.8. The molecule has 140 valence electrons. The van der Waals surface area contributed by atoms with E-state index in [1.165, 1.54) is 42.6 Å². The van der Waals surface area contributed by atoms with Crippen LogP contribution in [0.1, 0.15) is 5.56 Å². The van der Waals surface area contributed by atoms with Gasteiger partial charge in [0.15, 0.2) is 0 Å². The van der Waals surface area contributed by atoms with Gasteiger partial charge >= 0.3 is 5.69 Å². The molecule has 0 fully saturated rings. The average Bonchev–Trinajstić information content (AvgIpc) is 2.98. The van der Waals surface area contributed by atoms with E-state index in [1.54, 1.807) is 12.1 Å². The molecule has 0 aliphatic carbocycles. The lowest BCUT2D eigenvalue weighted by Crippen LogP contribution is -2.32. The predicted molar refractivity (Wildman–Crippen MR) is 97.5 cm³/mol. The molecule has 9 heteroatoms. The molecule has 0 radical (unpaired) electrons. The zero-order chi connectivity index (χ0) is 19.6. The summed E-state index contributed by atoms with van der Waals surface area (Å²) in [6, 6.07) is 11.2. The van der Waals surface area contributed by atoms with Crippen molar-refractivity contribution in [3.8, 4) is 0 Å². The normalized spacial score (nSPS) is 11.3. The van der Waals surface area contributed by atoms with Gasteiger partial charge in [-0.2, -0.15) is 3.97 Å². The van der Waals surface area contributed by atoms with Crippen molar-refractivity contribution in [2.45, 2.75) is 18.4 Å². The van der Waals surface area contributed by atoms with Crippen molar-refractivity contribution in [2.75, 3.05) is 5.32 Å². The lowest BCUT2D eigenvalue weighted by atomic mass is 10.2. The Morgan fingerprint density at radius 1 is 1.04 bits per heavy atom. The number of carbonyl (C=O) groups is 1. The molecular formula is C18H16FN3O4S. The lowest BCUT2D eigenvalue weighted by molar-refractivity contribution is -0.116. The number of imidazole rings is 1. The summed E-state index contributed by atoms with van der Waals surface area (Å²) in [4.78, 5) is 24.4. The predicted octanol–water partition coefficient (Wildman–Crippen LogP) is 1.97. The molecule has 3 rings (SSSR count). The van der Waals surface area contributed by atoms with Crippen LogP contribution in [0.5, 0.6) is 0 Å². The standard InChI is InChI=1S/C18H16FN3O4S/c1-13-2-8-16(9-3-13)27(25,26)22-11-10-21(18(22)24)12-17(23)20-15-6-4-14(19)5-7-15/h2-11H,12H2,1H3,(H,20,23). The Bertz CT molecular complexity index is 1130. The number of benzene rings is 2. The third-order valence-corrected chi connectivity index (χ3v) is 5.50. The Hall–Kier alpha value is -3.20. The van der Waals surface area contributed by atoms with Crippen LogP contribution in [0.3, 0.4) is 0 Å². The van der Waals surface area contributed by atoms with Gasteiger partial charge in [-0.1, -0.05) is 17.7 Å². The highest BCUT2D eigenvalue weighted by Gasteiger charge is 2.21. The second-order valence-electron chi connectivity index (χ2n) is 5.88. The van der Waals surface area contributed by atoms with Gasteiger partial charge in [-0.05, 0) is 43.3 Å². The highest BCUT2D eigenvalue weighted by molar-refractivity contribution is 7.90. The topological polar surface area (TPSA) is 90.2 Å². The maximum atomic E-state index is 12.9. The SMILES string of the molecule is Cc1ccc(S(=O)(=O)n2ccn(CC(=O)Nc3ccc(F)cc3)c2=O)cc1. The number of amides is 1. The number of hydrogen-bond acceptors (Lipinski definition) is 4. The fourth-order valence-electron chi connectivity index (χ4n) is 2.41. The van der Waals surface area contributed by atoms with Crippen LogP contribution in [0.4, 0.5) is 10.1 Å². The molecule has 0 saturated carbocycles. The summed E-state index contributed by atoms with van der Waals surface area (Å²) >= 11 is 0. The van der Waals surface area contributed by atoms with Crippen molar-refractivity contribution < 1.29 is 17.6 Å². The largest absolute Gasteiger partial charge is 0.342 e. The van der Waals surface area contributed by atoms with Crippen LogP contribution in [0.2, 0.25) is 0 Å². The lowest BCUT2D eigenvalue weighted by Gasteiger charge is -2.06. The highest BCUT2D eigenvalue weighted by Crippen LogP contribution is 2.13. The number of halogens is 1. The number of rotatable bonds is 5. The Kier molecular flexibility index (Phi) is 4.95. The Morgan fingerprint density at radius 3 is 2.30 bits per heavy atom. The van der Waals surface area contributed by atoms with E-state index >= 15 is 0 Å². The van der Waals surface area contributed by atoms with Crippen molar-refractivity contribution in [3.05, 3.63) is 82.8 Å². The first-order valence-electron chi connectivity index (χ1n) is 7.93. The Balaban J connectivity index is 1.80. The smallest absolute Gasteiger partial charge is 0.325 e. The molecule has 0 saturated heterocycles. The minimum atomic E-state index is -4.06. The highest BCUT2D eigenvalue weighted by atomic mass is 32.2. The quantitative estimate of drug-likeness (QED) is 0.722. The van der Waals surface area contributed by atoms with E-state index in [-0.39, 0.29) is 11.4 Å². The molecule has 0 bridgehead atoms. The molecule has 1 amide bonds. The number of nitrogens with one attached hydrogen (secondary N) is 1. The van der Waals surface area contributed by atoms with Gasteiger partial charge in [-0.3, -0.25) is 9.36 Å². The summed E-state index contributed by atoms with van der Waals surface area (Å²) in [6.45, 7) is 1.44. The van der Waals surface area contributed by atoms with E-state index in [0.717, 1.165) is 16.3 Å². The number of aromatic nitrogens is 2. The van der Waals surface area contributed by atoms with E-state index in [0.29, 0.717) is 9.66 Å².